The molecule has 9 heteroatoms. The second-order valence-corrected chi connectivity index (χ2v) is 21.4. The minimum absolute atomic E-state index is 0.0730. The van der Waals surface area contributed by atoms with Crippen molar-refractivity contribution in [2.24, 2.45) is 0 Å². The molecular weight excluding hydrogens is 816 g/mol. The lowest BCUT2D eigenvalue weighted by molar-refractivity contribution is -0.870. The lowest BCUT2D eigenvalue weighted by Crippen LogP contribution is -2.46. The van der Waals surface area contributed by atoms with Gasteiger partial charge in [-0.05, 0) is 51.4 Å². The summed E-state index contributed by atoms with van der Waals surface area (Å²) in [7, 11) is 1.61. The van der Waals surface area contributed by atoms with Crippen LogP contribution in [0, 0.1) is 0 Å². The summed E-state index contributed by atoms with van der Waals surface area (Å²) in [5.41, 5.74) is 0. The van der Waals surface area contributed by atoms with E-state index in [-0.39, 0.29) is 19.1 Å². The number of amides is 1. The Morgan fingerprint density at radius 1 is 0.531 bits per heavy atom. The van der Waals surface area contributed by atoms with Crippen molar-refractivity contribution < 1.29 is 32.9 Å². The molecule has 378 valence electrons. The lowest BCUT2D eigenvalue weighted by atomic mass is 10.0. The van der Waals surface area contributed by atoms with Crippen molar-refractivity contribution in [2.75, 3.05) is 40.9 Å². The summed E-state index contributed by atoms with van der Waals surface area (Å²) in [5.74, 6) is -0.150. The number of allylic oxidation sites excluding steroid dienone is 6. The van der Waals surface area contributed by atoms with Gasteiger partial charge in [0, 0.05) is 6.42 Å². The van der Waals surface area contributed by atoms with E-state index in [0.717, 1.165) is 57.8 Å². The monoisotopic (exact) mass is 924 g/mol. The van der Waals surface area contributed by atoms with E-state index in [1.165, 1.54) is 173 Å². The molecule has 8 nitrogen and oxygen atoms in total. The number of rotatable bonds is 50. The third-order valence-corrected chi connectivity index (χ3v) is 13.4. The van der Waals surface area contributed by atoms with E-state index in [2.05, 4.69) is 55.6 Å². The molecule has 3 unspecified atom stereocenters. The minimum atomic E-state index is -4.32. The Hall–Kier alpha value is -1.28. The van der Waals surface area contributed by atoms with E-state index < -0.39 is 20.0 Å². The van der Waals surface area contributed by atoms with Crippen LogP contribution in [0.15, 0.2) is 36.5 Å². The maximum atomic E-state index is 13.0. The predicted octanol–water partition coefficient (Wildman–Crippen LogP) is 16.2. The highest BCUT2D eigenvalue weighted by molar-refractivity contribution is 7.47. The molecule has 0 aliphatic heterocycles. The van der Waals surface area contributed by atoms with Crippen molar-refractivity contribution in [1.82, 2.24) is 5.32 Å². The predicted molar refractivity (Wildman–Crippen MR) is 277 cm³/mol. The molecule has 0 saturated heterocycles. The average molecular weight is 924 g/mol. The summed E-state index contributed by atoms with van der Waals surface area (Å²) in [6.07, 6.45) is 58.9. The van der Waals surface area contributed by atoms with Gasteiger partial charge in [0.15, 0.2) is 0 Å². The van der Waals surface area contributed by atoms with Gasteiger partial charge in [0.05, 0.1) is 39.9 Å². The summed E-state index contributed by atoms with van der Waals surface area (Å²) in [5, 5.41) is 14.0. The van der Waals surface area contributed by atoms with Crippen molar-refractivity contribution in [2.45, 2.75) is 270 Å². The largest absolute Gasteiger partial charge is 0.472 e. The number of nitrogens with one attached hydrogen (secondary N) is 1. The first-order chi connectivity index (χ1) is 31.0. The normalized spacial score (nSPS) is 14.3. The summed E-state index contributed by atoms with van der Waals surface area (Å²) < 4.78 is 23.8. The molecule has 0 aromatic heterocycles. The number of aliphatic hydroxyl groups excluding tert-OH is 1. The molecule has 3 N–H and O–H groups in total. The van der Waals surface area contributed by atoms with Gasteiger partial charge in [0.25, 0.3) is 0 Å². The van der Waals surface area contributed by atoms with E-state index in [0.29, 0.717) is 23.9 Å². The molecule has 0 saturated carbocycles. The molecule has 0 spiro atoms. The number of phosphoric acid groups is 1. The lowest BCUT2D eigenvalue weighted by Gasteiger charge is -2.26. The fourth-order valence-electron chi connectivity index (χ4n) is 8.05. The second-order valence-electron chi connectivity index (χ2n) is 20.0. The number of quaternary nitrogens is 1. The summed E-state index contributed by atoms with van der Waals surface area (Å²) in [4.78, 5) is 23.3. The fraction of sp³-hybridized carbons (Fsp3) is 0.873. The Morgan fingerprint density at radius 2 is 0.891 bits per heavy atom. The van der Waals surface area contributed by atoms with Crippen LogP contribution in [0.25, 0.3) is 0 Å². The first-order valence-corrected chi connectivity index (χ1v) is 28.8. The van der Waals surface area contributed by atoms with Gasteiger partial charge in [-0.2, -0.15) is 0 Å². The quantitative estimate of drug-likeness (QED) is 0.0243. The zero-order valence-corrected chi connectivity index (χ0v) is 43.9. The first kappa shape index (κ1) is 62.7. The van der Waals surface area contributed by atoms with E-state index >= 15 is 0 Å². The van der Waals surface area contributed by atoms with Crippen molar-refractivity contribution in [3.63, 3.8) is 0 Å². The Balaban J connectivity index is 4.24. The number of aliphatic hydroxyl groups is 1. The molecule has 0 radical (unpaired) electrons. The highest BCUT2D eigenvalue weighted by atomic mass is 31.2. The molecule has 3 atom stereocenters. The average Bonchev–Trinajstić information content (AvgIpc) is 3.25. The molecule has 0 heterocycles. The molecule has 0 rings (SSSR count). The molecule has 0 aliphatic carbocycles. The van der Waals surface area contributed by atoms with Gasteiger partial charge in [0.1, 0.15) is 13.2 Å². The zero-order valence-electron chi connectivity index (χ0n) is 43.0. The standard InChI is InChI=1S/C55H107N2O6P/c1-6-8-10-12-14-16-18-20-22-24-26-27-28-29-31-33-35-37-39-41-43-45-47-49-55(59)56-53(52-63-64(60,61)62-51-50-57(3,4)5)54(58)48-46-44-42-40-38-36-34-32-30-25-23-21-19-17-15-13-11-9-7-2/h18,20,24,26,28-29,53-54,58H,6-17,19,21-23,25,27,30-52H2,1-5H3,(H-,56,59,60,61)/p+1/b20-18-,26-24-,29-28-. The molecule has 1 amide bonds. The fourth-order valence-corrected chi connectivity index (χ4v) is 8.79. The minimum Gasteiger partial charge on any atom is -0.391 e. The van der Waals surface area contributed by atoms with Gasteiger partial charge in [-0.15, -0.1) is 0 Å². The SMILES string of the molecule is CCCCCCC/C=C\C/C=C\C/C=C\CCCCCCCCCCC(=O)NC(COP(=O)(O)OCC[N+](C)(C)C)C(O)CCCCCCCCCCCCCCCCCCCCC. The van der Waals surface area contributed by atoms with Crippen LogP contribution < -0.4 is 5.32 Å². The Bertz CT molecular complexity index is 1140. The number of carbonyl (C=O) groups is 1. The summed E-state index contributed by atoms with van der Waals surface area (Å²) >= 11 is 0. The molecule has 64 heavy (non-hydrogen) atoms. The molecule has 0 aromatic carbocycles. The molecular formula is C55H108N2O6P+. The van der Waals surface area contributed by atoms with Gasteiger partial charge in [-0.3, -0.25) is 13.8 Å². The van der Waals surface area contributed by atoms with Crippen molar-refractivity contribution >= 4 is 13.7 Å². The van der Waals surface area contributed by atoms with Crippen LogP contribution in [0.3, 0.4) is 0 Å². The van der Waals surface area contributed by atoms with Crippen LogP contribution in [-0.2, 0) is 18.4 Å². The summed E-state index contributed by atoms with van der Waals surface area (Å²) in [6, 6.07) is -0.765. The van der Waals surface area contributed by atoms with Crippen molar-refractivity contribution in [3.8, 4) is 0 Å². The molecule has 0 fully saturated rings. The highest BCUT2D eigenvalue weighted by Gasteiger charge is 2.28. The van der Waals surface area contributed by atoms with Crippen LogP contribution >= 0.6 is 7.82 Å². The number of unbranched alkanes of at least 4 members (excludes halogenated alkanes) is 31. The Kier molecular flexibility index (Phi) is 45.9. The van der Waals surface area contributed by atoms with Crippen LogP contribution in [0.1, 0.15) is 258 Å². The topological polar surface area (TPSA) is 105 Å². The summed E-state index contributed by atoms with van der Waals surface area (Å²) in [6.45, 7) is 4.90. The molecule has 0 aromatic rings. The van der Waals surface area contributed by atoms with E-state index in [4.69, 9.17) is 9.05 Å². The van der Waals surface area contributed by atoms with Gasteiger partial charge < -0.3 is 19.8 Å². The molecule has 0 aliphatic rings. The smallest absolute Gasteiger partial charge is 0.391 e. The van der Waals surface area contributed by atoms with Gasteiger partial charge >= 0.3 is 7.82 Å². The zero-order chi connectivity index (χ0) is 47.1. The van der Waals surface area contributed by atoms with Crippen LogP contribution in [0.2, 0.25) is 0 Å². The van der Waals surface area contributed by atoms with Crippen LogP contribution in [0.4, 0.5) is 0 Å². The number of nitrogens with zero attached hydrogens (tertiary/aromatic N) is 1. The highest BCUT2D eigenvalue weighted by Crippen LogP contribution is 2.43. The number of carbonyl (C=O) groups excluding carboxylic acids is 1. The van der Waals surface area contributed by atoms with Gasteiger partial charge in [-0.25, -0.2) is 4.57 Å². The van der Waals surface area contributed by atoms with E-state index in [9.17, 15) is 19.4 Å². The maximum absolute atomic E-state index is 13.0. The number of likely N-dealkylation sites (N-methyl/N-ethyl adjacent to an activating group) is 1. The number of hydrogen-bond acceptors (Lipinski definition) is 5. The Morgan fingerprint density at radius 3 is 1.30 bits per heavy atom. The number of hydrogen-bond donors (Lipinski definition) is 3. The van der Waals surface area contributed by atoms with E-state index in [1.54, 1.807) is 0 Å². The third kappa shape index (κ3) is 48.6. The van der Waals surface area contributed by atoms with Gasteiger partial charge in [0.2, 0.25) is 5.91 Å². The second kappa shape index (κ2) is 46.8. The number of phosphoric ester groups is 1. The van der Waals surface area contributed by atoms with Crippen molar-refractivity contribution in [1.29, 1.82) is 0 Å². The van der Waals surface area contributed by atoms with E-state index in [1.807, 2.05) is 21.1 Å². The van der Waals surface area contributed by atoms with Crippen LogP contribution in [-0.4, -0.2) is 73.4 Å². The molecule has 0 bridgehead atoms. The maximum Gasteiger partial charge on any atom is 0.472 e. The first-order valence-electron chi connectivity index (χ1n) is 27.4. The van der Waals surface area contributed by atoms with Crippen molar-refractivity contribution in [3.05, 3.63) is 36.5 Å². The Labute approximate surface area is 397 Å². The third-order valence-electron chi connectivity index (χ3n) is 12.4. The van der Waals surface area contributed by atoms with Crippen LogP contribution in [0.5, 0.6) is 0 Å². The van der Waals surface area contributed by atoms with Gasteiger partial charge in [-0.1, -0.05) is 237 Å².